The number of carbonyl (C=O) groups is 2. The molecule has 2 N–H and O–H groups in total. The van der Waals surface area contributed by atoms with Gasteiger partial charge < -0.3 is 15.2 Å². The van der Waals surface area contributed by atoms with Gasteiger partial charge in [0.2, 0.25) is 5.91 Å². The summed E-state index contributed by atoms with van der Waals surface area (Å²) in [6.07, 6.45) is 0.534. The molecule has 0 rings (SSSR count). The number of hydrogen-bond donors (Lipinski definition) is 1. The number of amides is 1. The lowest BCUT2D eigenvalue weighted by molar-refractivity contribution is -0.151. The second-order valence-electron chi connectivity index (χ2n) is 5.39. The molecule has 5 nitrogen and oxygen atoms in total. The maximum Gasteiger partial charge on any atom is 0.302 e. The Morgan fingerprint density at radius 2 is 1.71 bits per heavy atom. The minimum atomic E-state index is -0.586. The highest BCUT2D eigenvalue weighted by atomic mass is 16.6. The highest BCUT2D eigenvalue weighted by Crippen LogP contribution is 2.21. The summed E-state index contributed by atoms with van der Waals surface area (Å²) in [5, 5.41) is 0. The quantitative estimate of drug-likeness (QED) is 0.684. The monoisotopic (exact) mass is 245 g/mol. The fraction of sp³-hybridized carbons (Fsp3) is 0.833. The molecule has 0 fully saturated rings. The van der Waals surface area contributed by atoms with Crippen LogP contribution in [0.1, 0.15) is 41.0 Å². The highest BCUT2D eigenvalue weighted by Gasteiger charge is 2.27. The van der Waals surface area contributed by atoms with Gasteiger partial charge >= 0.3 is 5.97 Å². The predicted octanol–water partition coefficient (Wildman–Crippen LogP) is 1.25. The van der Waals surface area contributed by atoms with Crippen LogP contribution in [0.25, 0.3) is 0 Å². The zero-order chi connectivity index (χ0) is 13.7. The van der Waals surface area contributed by atoms with Gasteiger partial charge in [-0.25, -0.2) is 0 Å². The second-order valence-corrected chi connectivity index (χ2v) is 5.39. The van der Waals surface area contributed by atoms with E-state index in [9.17, 15) is 9.59 Å². The molecule has 5 heteroatoms. The van der Waals surface area contributed by atoms with Gasteiger partial charge in [-0.3, -0.25) is 9.59 Å². The fourth-order valence-corrected chi connectivity index (χ4v) is 1.02. The molecule has 0 saturated heterocycles. The van der Waals surface area contributed by atoms with E-state index in [1.54, 1.807) is 13.8 Å². The molecule has 0 atom stereocenters. The number of rotatable bonds is 7. The Hall–Kier alpha value is -1.10. The molecule has 1 amide bonds. The standard InChI is InChI=1S/C12H23NO4/c1-9(14)16-8-12(4,5)17-7-6-11(2,3)10(13)15/h6-8H2,1-5H3,(H2,13,15). The first-order valence-corrected chi connectivity index (χ1v) is 5.64. The van der Waals surface area contributed by atoms with E-state index >= 15 is 0 Å². The summed E-state index contributed by atoms with van der Waals surface area (Å²) in [7, 11) is 0. The Labute approximate surface area is 103 Å². The van der Waals surface area contributed by atoms with Crippen molar-refractivity contribution < 1.29 is 19.1 Å². The van der Waals surface area contributed by atoms with Gasteiger partial charge in [-0.15, -0.1) is 0 Å². The molecule has 0 aliphatic carbocycles. The van der Waals surface area contributed by atoms with E-state index in [2.05, 4.69) is 0 Å². The maximum atomic E-state index is 11.1. The summed E-state index contributed by atoms with van der Waals surface area (Å²) >= 11 is 0. The van der Waals surface area contributed by atoms with Crippen LogP contribution in [-0.2, 0) is 19.1 Å². The van der Waals surface area contributed by atoms with Crippen molar-refractivity contribution in [1.82, 2.24) is 0 Å². The molecule has 0 spiro atoms. The third kappa shape index (κ3) is 6.94. The van der Waals surface area contributed by atoms with Gasteiger partial charge in [0, 0.05) is 18.9 Å². The predicted molar refractivity (Wildman–Crippen MR) is 64.3 cm³/mol. The van der Waals surface area contributed by atoms with E-state index in [0.29, 0.717) is 13.0 Å². The van der Waals surface area contributed by atoms with Gasteiger partial charge in [0.1, 0.15) is 6.61 Å². The van der Waals surface area contributed by atoms with Crippen molar-refractivity contribution in [3.8, 4) is 0 Å². The summed E-state index contributed by atoms with van der Waals surface area (Å²) in [5.41, 5.74) is 4.11. The van der Waals surface area contributed by atoms with E-state index < -0.39 is 11.0 Å². The van der Waals surface area contributed by atoms with Crippen LogP contribution >= 0.6 is 0 Å². The maximum absolute atomic E-state index is 11.1. The Morgan fingerprint density at radius 1 is 1.18 bits per heavy atom. The zero-order valence-electron chi connectivity index (χ0n) is 11.3. The lowest BCUT2D eigenvalue weighted by Crippen LogP contribution is -2.36. The lowest BCUT2D eigenvalue weighted by atomic mass is 9.89. The van der Waals surface area contributed by atoms with Crippen molar-refractivity contribution in [3.63, 3.8) is 0 Å². The van der Waals surface area contributed by atoms with Gasteiger partial charge in [-0.2, -0.15) is 0 Å². The first-order chi connectivity index (χ1) is 7.57. The van der Waals surface area contributed by atoms with Gasteiger partial charge in [0.05, 0.1) is 5.60 Å². The number of ether oxygens (including phenoxy) is 2. The van der Waals surface area contributed by atoms with Crippen LogP contribution in [0, 0.1) is 5.41 Å². The van der Waals surface area contributed by atoms with Crippen molar-refractivity contribution in [3.05, 3.63) is 0 Å². The molecule has 0 radical (unpaired) electrons. The minimum Gasteiger partial charge on any atom is -0.463 e. The number of nitrogens with two attached hydrogens (primary N) is 1. The van der Waals surface area contributed by atoms with E-state index in [-0.39, 0.29) is 18.5 Å². The summed E-state index contributed by atoms with van der Waals surface area (Å²) < 4.78 is 10.5. The number of hydrogen-bond acceptors (Lipinski definition) is 4. The first-order valence-electron chi connectivity index (χ1n) is 5.64. The molecule has 0 unspecified atom stereocenters. The van der Waals surface area contributed by atoms with Crippen LogP contribution < -0.4 is 5.73 Å². The average molecular weight is 245 g/mol. The van der Waals surface area contributed by atoms with Crippen LogP contribution in [0.4, 0.5) is 0 Å². The molecular formula is C12H23NO4. The largest absolute Gasteiger partial charge is 0.463 e. The number of carbonyl (C=O) groups excluding carboxylic acids is 2. The van der Waals surface area contributed by atoms with E-state index in [0.717, 1.165) is 0 Å². The van der Waals surface area contributed by atoms with Gasteiger partial charge in [-0.05, 0) is 20.3 Å². The Balaban J connectivity index is 4.02. The normalized spacial score (nSPS) is 12.3. The fourth-order valence-electron chi connectivity index (χ4n) is 1.02. The molecule has 17 heavy (non-hydrogen) atoms. The van der Waals surface area contributed by atoms with Gasteiger partial charge in [0.15, 0.2) is 0 Å². The van der Waals surface area contributed by atoms with Crippen LogP contribution in [0.5, 0.6) is 0 Å². The molecule has 100 valence electrons. The molecule has 0 bridgehead atoms. The third-order valence-electron chi connectivity index (χ3n) is 2.51. The van der Waals surface area contributed by atoms with Crippen molar-refractivity contribution in [2.75, 3.05) is 13.2 Å². The van der Waals surface area contributed by atoms with Crippen LogP contribution in [0.2, 0.25) is 0 Å². The summed E-state index contributed by atoms with van der Waals surface area (Å²) in [5.74, 6) is -0.682. The summed E-state index contributed by atoms with van der Waals surface area (Å²) in [6, 6.07) is 0. The Bertz CT molecular complexity index is 284. The second kappa shape index (κ2) is 6.00. The topological polar surface area (TPSA) is 78.6 Å². The third-order valence-corrected chi connectivity index (χ3v) is 2.51. The van der Waals surface area contributed by atoms with Crippen molar-refractivity contribution in [1.29, 1.82) is 0 Å². The van der Waals surface area contributed by atoms with Crippen LogP contribution in [0.3, 0.4) is 0 Å². The average Bonchev–Trinajstić information content (AvgIpc) is 2.14. The Kier molecular flexibility index (Phi) is 5.61. The molecule has 0 aromatic rings. The molecule has 0 saturated carbocycles. The molecular weight excluding hydrogens is 222 g/mol. The molecule has 0 aromatic heterocycles. The zero-order valence-corrected chi connectivity index (χ0v) is 11.3. The minimum absolute atomic E-state index is 0.194. The van der Waals surface area contributed by atoms with E-state index in [1.807, 2.05) is 13.8 Å². The summed E-state index contributed by atoms with van der Waals surface area (Å²) in [6.45, 7) is 9.14. The van der Waals surface area contributed by atoms with Gasteiger partial charge in [0.25, 0.3) is 0 Å². The van der Waals surface area contributed by atoms with Crippen LogP contribution in [-0.4, -0.2) is 30.7 Å². The van der Waals surface area contributed by atoms with E-state index in [4.69, 9.17) is 15.2 Å². The Morgan fingerprint density at radius 3 is 2.12 bits per heavy atom. The lowest BCUT2D eigenvalue weighted by Gasteiger charge is -2.27. The number of esters is 1. The van der Waals surface area contributed by atoms with Gasteiger partial charge in [-0.1, -0.05) is 13.8 Å². The smallest absolute Gasteiger partial charge is 0.302 e. The molecule has 0 aliphatic rings. The van der Waals surface area contributed by atoms with Crippen molar-refractivity contribution in [2.45, 2.75) is 46.6 Å². The SMILES string of the molecule is CC(=O)OCC(C)(C)OCCC(C)(C)C(N)=O. The van der Waals surface area contributed by atoms with E-state index in [1.165, 1.54) is 6.92 Å². The molecule has 0 heterocycles. The summed E-state index contributed by atoms with van der Waals surface area (Å²) in [4.78, 5) is 21.8. The molecule has 0 aromatic carbocycles. The molecule has 0 aliphatic heterocycles. The van der Waals surface area contributed by atoms with Crippen molar-refractivity contribution >= 4 is 11.9 Å². The first kappa shape index (κ1) is 15.9. The van der Waals surface area contributed by atoms with Crippen LogP contribution in [0.15, 0.2) is 0 Å². The highest BCUT2D eigenvalue weighted by molar-refractivity contribution is 5.79. The number of primary amides is 1. The van der Waals surface area contributed by atoms with Crippen molar-refractivity contribution in [2.24, 2.45) is 11.1 Å².